The summed E-state index contributed by atoms with van der Waals surface area (Å²) < 4.78 is 11.4. The van der Waals surface area contributed by atoms with Crippen molar-refractivity contribution in [1.82, 2.24) is 0 Å². The third kappa shape index (κ3) is 6.32. The van der Waals surface area contributed by atoms with Gasteiger partial charge in [-0.2, -0.15) is 0 Å². The van der Waals surface area contributed by atoms with Crippen LogP contribution < -0.4 is 4.90 Å². The number of anilines is 1. The third-order valence-corrected chi connectivity index (χ3v) is 7.33. The number of benzene rings is 2. The number of nitrogens with zero attached hydrogens (tertiary/aromatic N) is 1. The maximum atomic E-state index is 14.0. The number of rotatable bonds is 7. The lowest BCUT2D eigenvalue weighted by molar-refractivity contribution is -0.154. The fraction of sp³-hybridized carbons (Fsp3) is 0.364. The van der Waals surface area contributed by atoms with Crippen molar-refractivity contribution in [3.05, 3.63) is 94.9 Å². The normalized spacial score (nSPS) is 21.9. The molecule has 7 heteroatoms. The molecule has 1 amide bonds. The molecule has 2 fully saturated rings. The number of amides is 1. The molecule has 2 aromatic rings. The molecule has 4 rings (SSSR count). The molecule has 3 atom stereocenters. The van der Waals surface area contributed by atoms with Crippen molar-refractivity contribution >= 4 is 29.3 Å². The van der Waals surface area contributed by atoms with E-state index in [1.807, 2.05) is 32.9 Å². The van der Waals surface area contributed by atoms with Crippen LogP contribution in [0.15, 0.2) is 89.4 Å². The first-order valence-corrected chi connectivity index (χ1v) is 13.6. The molecule has 1 saturated carbocycles. The Balaban J connectivity index is 1.77. The van der Waals surface area contributed by atoms with Crippen molar-refractivity contribution in [3.8, 4) is 0 Å². The summed E-state index contributed by atoms with van der Waals surface area (Å²) in [6.45, 7) is 7.24. The summed E-state index contributed by atoms with van der Waals surface area (Å²) in [5.41, 5.74) is 4.96. The lowest BCUT2D eigenvalue weighted by Gasteiger charge is -2.44. The number of para-hydroxylation sites is 1. The smallest absolute Gasteiger partial charge is 0.313 e. The first-order valence-electron chi connectivity index (χ1n) is 13.6. The minimum Gasteiger partial charge on any atom is -0.460 e. The number of hydrogen-bond donors (Lipinski definition) is 0. The van der Waals surface area contributed by atoms with Gasteiger partial charge >= 0.3 is 11.9 Å². The highest BCUT2D eigenvalue weighted by molar-refractivity contribution is 6.07. The summed E-state index contributed by atoms with van der Waals surface area (Å²) in [6, 6.07) is 17.0. The van der Waals surface area contributed by atoms with Crippen LogP contribution in [0.3, 0.4) is 0 Å². The number of esters is 2. The van der Waals surface area contributed by atoms with Gasteiger partial charge in [0.2, 0.25) is 0 Å². The van der Waals surface area contributed by atoms with E-state index in [-0.39, 0.29) is 36.7 Å². The standard InChI is InChI=1S/C33H35NO6/c1-22(2)12-11-13-23(3)18-30-33(21-31(37)40-30)20-28(39-24(4)35)27(19-29(33)36)34(26-16-9-6-10-17-26)32(38)25-14-7-5-8-15-25/h5-10,12,14-17,27-28H,11,13,19-21H2,1-4H3/t18?,27-,28-,33?/m0/s1. The van der Waals surface area contributed by atoms with Gasteiger partial charge in [0.05, 0.1) is 12.5 Å². The van der Waals surface area contributed by atoms with Gasteiger partial charge in [0.15, 0.2) is 5.76 Å². The average molecular weight is 542 g/mol. The van der Waals surface area contributed by atoms with Crippen LogP contribution in [0.25, 0.3) is 0 Å². The molecule has 1 aliphatic carbocycles. The van der Waals surface area contributed by atoms with Crippen molar-refractivity contribution in [2.24, 2.45) is 5.41 Å². The minimum atomic E-state index is -1.30. The van der Waals surface area contributed by atoms with Crippen LogP contribution in [0, 0.1) is 5.41 Å². The molecule has 208 valence electrons. The topological polar surface area (TPSA) is 90.0 Å². The van der Waals surface area contributed by atoms with E-state index in [0.29, 0.717) is 17.7 Å². The zero-order chi connectivity index (χ0) is 28.9. The van der Waals surface area contributed by atoms with E-state index < -0.39 is 29.5 Å². The highest BCUT2D eigenvalue weighted by Crippen LogP contribution is 2.49. The van der Waals surface area contributed by atoms with E-state index >= 15 is 0 Å². The largest absolute Gasteiger partial charge is 0.460 e. The summed E-state index contributed by atoms with van der Waals surface area (Å²) in [6.07, 6.45) is 2.48. The van der Waals surface area contributed by atoms with Crippen LogP contribution in [-0.2, 0) is 23.9 Å². The van der Waals surface area contributed by atoms with Gasteiger partial charge in [-0.15, -0.1) is 0 Å². The molecule has 1 spiro atoms. The maximum absolute atomic E-state index is 14.0. The number of hydrogen-bond acceptors (Lipinski definition) is 6. The number of Topliss-reactive ketones (excluding diaryl/α,β-unsaturated/α-hetero) is 1. The quantitative estimate of drug-likeness (QED) is 0.239. The molecule has 1 heterocycles. The second-order valence-corrected chi connectivity index (χ2v) is 10.7. The molecule has 0 aromatic heterocycles. The van der Waals surface area contributed by atoms with Crippen LogP contribution in [-0.4, -0.2) is 35.8 Å². The molecule has 2 aromatic carbocycles. The van der Waals surface area contributed by atoms with E-state index in [0.717, 1.165) is 12.0 Å². The van der Waals surface area contributed by atoms with Crippen molar-refractivity contribution in [1.29, 1.82) is 0 Å². The summed E-state index contributed by atoms with van der Waals surface area (Å²) in [5.74, 6) is -1.44. The van der Waals surface area contributed by atoms with Crippen molar-refractivity contribution in [3.63, 3.8) is 0 Å². The minimum absolute atomic E-state index is 0.0107. The molecular weight excluding hydrogens is 506 g/mol. The van der Waals surface area contributed by atoms with E-state index in [1.165, 1.54) is 17.4 Å². The number of allylic oxidation sites excluding steroid dienone is 3. The second kappa shape index (κ2) is 12.3. The summed E-state index contributed by atoms with van der Waals surface area (Å²) in [5, 5.41) is 0. The first-order chi connectivity index (χ1) is 19.1. The number of carbonyl (C=O) groups excluding carboxylic acids is 4. The van der Waals surface area contributed by atoms with Gasteiger partial charge in [-0.05, 0) is 63.5 Å². The van der Waals surface area contributed by atoms with Gasteiger partial charge in [0, 0.05) is 31.0 Å². The van der Waals surface area contributed by atoms with Crippen LogP contribution in [0.5, 0.6) is 0 Å². The van der Waals surface area contributed by atoms with E-state index in [4.69, 9.17) is 9.47 Å². The Kier molecular flexibility index (Phi) is 8.86. The molecule has 0 bridgehead atoms. The third-order valence-electron chi connectivity index (χ3n) is 7.33. The van der Waals surface area contributed by atoms with Gasteiger partial charge in [-0.1, -0.05) is 53.8 Å². The summed E-state index contributed by atoms with van der Waals surface area (Å²) in [7, 11) is 0. The predicted octanol–water partition coefficient (Wildman–Crippen LogP) is 6.11. The number of ether oxygens (including phenoxy) is 2. The van der Waals surface area contributed by atoms with Crippen LogP contribution in [0.4, 0.5) is 5.69 Å². The Bertz CT molecular complexity index is 1380. The van der Waals surface area contributed by atoms with Gasteiger partial charge in [-0.25, -0.2) is 0 Å². The predicted molar refractivity (Wildman–Crippen MR) is 151 cm³/mol. The van der Waals surface area contributed by atoms with Gasteiger partial charge in [0.1, 0.15) is 17.3 Å². The monoisotopic (exact) mass is 541 g/mol. The highest BCUT2D eigenvalue weighted by Gasteiger charge is 2.58. The van der Waals surface area contributed by atoms with Crippen molar-refractivity contribution in [2.75, 3.05) is 4.90 Å². The lowest BCUT2D eigenvalue weighted by atomic mass is 9.67. The number of ketones is 1. The fourth-order valence-corrected chi connectivity index (χ4v) is 5.41. The Morgan fingerprint density at radius 2 is 1.68 bits per heavy atom. The number of carbonyl (C=O) groups is 4. The van der Waals surface area contributed by atoms with E-state index in [9.17, 15) is 19.2 Å². The molecule has 1 aliphatic heterocycles. The van der Waals surface area contributed by atoms with Crippen LogP contribution in [0.1, 0.15) is 70.2 Å². The highest BCUT2D eigenvalue weighted by atomic mass is 16.6. The van der Waals surface area contributed by atoms with Gasteiger partial charge in [0.25, 0.3) is 5.91 Å². The van der Waals surface area contributed by atoms with Crippen LogP contribution in [0.2, 0.25) is 0 Å². The Morgan fingerprint density at radius 3 is 2.30 bits per heavy atom. The van der Waals surface area contributed by atoms with E-state index in [1.54, 1.807) is 48.5 Å². The maximum Gasteiger partial charge on any atom is 0.313 e. The molecule has 0 N–H and O–H groups in total. The average Bonchev–Trinajstić information content (AvgIpc) is 3.22. The fourth-order valence-electron chi connectivity index (χ4n) is 5.41. The SMILES string of the molecule is CC(=O)O[C@H]1CC2(CC(=O)OC2=C=C(C)CCC=C(C)C)C(=O)C[C@@H]1N(C(=O)c1ccccc1)c1ccccc1. The molecule has 1 saturated heterocycles. The Hall–Kier alpha value is -4.22. The van der Waals surface area contributed by atoms with Crippen LogP contribution >= 0.6 is 0 Å². The number of cyclic esters (lactones) is 1. The Morgan fingerprint density at radius 1 is 1.02 bits per heavy atom. The van der Waals surface area contributed by atoms with Gasteiger partial charge in [-0.3, -0.25) is 19.2 Å². The molecule has 40 heavy (non-hydrogen) atoms. The molecule has 2 aliphatic rings. The Labute approximate surface area is 235 Å². The zero-order valence-electron chi connectivity index (χ0n) is 23.4. The second-order valence-electron chi connectivity index (χ2n) is 10.7. The van der Waals surface area contributed by atoms with Gasteiger partial charge < -0.3 is 14.4 Å². The molecular formula is C33H35NO6. The molecule has 1 unspecified atom stereocenters. The summed E-state index contributed by atoms with van der Waals surface area (Å²) in [4.78, 5) is 54.3. The van der Waals surface area contributed by atoms with Crippen molar-refractivity contribution in [2.45, 2.75) is 71.9 Å². The zero-order valence-corrected chi connectivity index (χ0v) is 23.4. The van der Waals surface area contributed by atoms with E-state index in [2.05, 4.69) is 11.8 Å². The lowest BCUT2D eigenvalue weighted by Crippen LogP contribution is -2.57. The molecule has 0 radical (unpaired) electrons. The summed E-state index contributed by atoms with van der Waals surface area (Å²) >= 11 is 0. The first kappa shape index (κ1) is 28.8. The molecule has 7 nitrogen and oxygen atoms in total. The van der Waals surface area contributed by atoms with Crippen molar-refractivity contribution < 1.29 is 28.7 Å².